The molecule has 0 aromatic carbocycles. The average Bonchev–Trinajstić information content (AvgIpc) is 2.03. The fourth-order valence-corrected chi connectivity index (χ4v) is 0.945. The minimum Gasteiger partial charge on any atom is -0.380 e. The van der Waals surface area contributed by atoms with E-state index in [0.29, 0.717) is 12.0 Å². The number of hydrogen-bond donors (Lipinski definition) is 1. The lowest BCUT2D eigenvalue weighted by Crippen LogP contribution is -2.29. The fourth-order valence-electron chi connectivity index (χ4n) is 0.945. The highest BCUT2D eigenvalue weighted by Crippen LogP contribution is 1.92. The monoisotopic (exact) mass is 183 g/mol. The Morgan fingerprint density at radius 1 is 1.38 bits per heavy atom. The lowest BCUT2D eigenvalue weighted by molar-refractivity contribution is 0.110. The molecular weight excluding hydrogens is 162 g/mol. The Balaban J connectivity index is 3.12. The summed E-state index contributed by atoms with van der Waals surface area (Å²) in [4.78, 5) is 0. The van der Waals surface area contributed by atoms with E-state index in [2.05, 4.69) is 32.0 Å². The van der Waals surface area contributed by atoms with E-state index in [-0.39, 0.29) is 0 Å². The Morgan fingerprint density at radius 3 is 2.62 bits per heavy atom. The molecule has 0 amide bonds. The summed E-state index contributed by atoms with van der Waals surface area (Å²) in [6, 6.07) is 0.396. The van der Waals surface area contributed by atoms with E-state index in [9.17, 15) is 0 Å². The molecule has 0 fully saturated rings. The largest absolute Gasteiger partial charge is 0.380 e. The molecule has 1 atom stereocenters. The van der Waals surface area contributed by atoms with Gasteiger partial charge >= 0.3 is 0 Å². The topological polar surface area (TPSA) is 21.3 Å². The van der Waals surface area contributed by atoms with Crippen LogP contribution in [0, 0.1) is 18.3 Å². The van der Waals surface area contributed by atoms with E-state index in [1.54, 1.807) is 0 Å². The van der Waals surface area contributed by atoms with Gasteiger partial charge in [0.2, 0.25) is 0 Å². The van der Waals surface area contributed by atoms with Crippen molar-refractivity contribution < 1.29 is 4.74 Å². The van der Waals surface area contributed by atoms with E-state index >= 15 is 0 Å². The van der Waals surface area contributed by atoms with Gasteiger partial charge in [-0.05, 0) is 12.8 Å². The van der Waals surface area contributed by atoms with Crippen molar-refractivity contribution >= 4 is 0 Å². The summed E-state index contributed by atoms with van der Waals surface area (Å²) in [6.07, 6.45) is 5.96. The normalized spacial score (nSPS) is 12.8. The first-order valence-corrected chi connectivity index (χ1v) is 4.91. The summed E-state index contributed by atoms with van der Waals surface area (Å²) < 4.78 is 5.41. The van der Waals surface area contributed by atoms with Crippen LogP contribution in [0.1, 0.15) is 27.2 Å². The molecule has 0 heterocycles. The molecule has 13 heavy (non-hydrogen) atoms. The van der Waals surface area contributed by atoms with Gasteiger partial charge in [-0.2, -0.15) is 0 Å². The second-order valence-electron chi connectivity index (χ2n) is 3.73. The lowest BCUT2D eigenvalue weighted by atomic mass is 10.2. The summed E-state index contributed by atoms with van der Waals surface area (Å²) >= 11 is 0. The molecule has 0 aromatic heterocycles. The Bertz CT molecular complexity index is 149. The van der Waals surface area contributed by atoms with Gasteiger partial charge in [-0.1, -0.05) is 13.8 Å². The van der Waals surface area contributed by atoms with Crippen LogP contribution in [-0.4, -0.2) is 25.8 Å². The van der Waals surface area contributed by atoms with Gasteiger partial charge in [0.05, 0.1) is 6.61 Å². The summed E-state index contributed by atoms with van der Waals surface area (Å²) in [5, 5.41) is 3.29. The van der Waals surface area contributed by atoms with Gasteiger partial charge in [0, 0.05) is 25.6 Å². The molecular formula is C11H21NO. The molecule has 0 aromatic rings. The Hall–Kier alpha value is -0.520. The maximum atomic E-state index is 5.41. The number of nitrogens with one attached hydrogen (secondary N) is 1. The van der Waals surface area contributed by atoms with Crippen molar-refractivity contribution in [1.29, 1.82) is 0 Å². The Kier molecular flexibility index (Phi) is 7.77. The van der Waals surface area contributed by atoms with E-state index < -0.39 is 0 Å². The molecule has 1 N–H and O–H groups in total. The third-order valence-electron chi connectivity index (χ3n) is 1.61. The van der Waals surface area contributed by atoms with Crippen molar-refractivity contribution in [2.24, 2.45) is 5.92 Å². The van der Waals surface area contributed by atoms with E-state index in [1.165, 1.54) is 0 Å². The maximum Gasteiger partial charge on any atom is 0.0591 e. The highest BCUT2D eigenvalue weighted by Gasteiger charge is 1.98. The zero-order valence-electron chi connectivity index (χ0n) is 8.97. The molecule has 0 radical (unpaired) electrons. The van der Waals surface area contributed by atoms with Crippen LogP contribution in [0.25, 0.3) is 0 Å². The van der Waals surface area contributed by atoms with Crippen LogP contribution in [0.5, 0.6) is 0 Å². The van der Waals surface area contributed by atoms with Crippen LogP contribution in [0.2, 0.25) is 0 Å². The van der Waals surface area contributed by atoms with Crippen molar-refractivity contribution in [2.45, 2.75) is 33.2 Å². The molecule has 1 unspecified atom stereocenters. The van der Waals surface area contributed by atoms with Gasteiger partial charge in [0.15, 0.2) is 0 Å². The predicted octanol–water partition coefficient (Wildman–Crippen LogP) is 1.66. The van der Waals surface area contributed by atoms with Gasteiger partial charge in [-0.15, -0.1) is 12.3 Å². The molecule has 0 aliphatic heterocycles. The molecule has 76 valence electrons. The van der Waals surface area contributed by atoms with Crippen molar-refractivity contribution in [3.05, 3.63) is 0 Å². The van der Waals surface area contributed by atoms with Crippen LogP contribution in [0.15, 0.2) is 0 Å². The molecule has 0 bridgehead atoms. The molecule has 0 saturated carbocycles. The second kappa shape index (κ2) is 8.10. The molecule has 2 nitrogen and oxygen atoms in total. The van der Waals surface area contributed by atoms with E-state index in [0.717, 1.165) is 26.2 Å². The summed E-state index contributed by atoms with van der Waals surface area (Å²) in [5.41, 5.74) is 0. The maximum absolute atomic E-state index is 5.41. The van der Waals surface area contributed by atoms with Crippen molar-refractivity contribution in [3.8, 4) is 12.3 Å². The first kappa shape index (κ1) is 12.5. The molecule has 0 spiro atoms. The predicted molar refractivity (Wildman–Crippen MR) is 56.6 cm³/mol. The minimum absolute atomic E-state index is 0.396. The summed E-state index contributed by atoms with van der Waals surface area (Å²) in [6.45, 7) is 8.87. The van der Waals surface area contributed by atoms with Gasteiger partial charge < -0.3 is 10.1 Å². The summed E-state index contributed by atoms with van der Waals surface area (Å²) in [7, 11) is 0. The highest BCUT2D eigenvalue weighted by molar-refractivity contribution is 4.87. The smallest absolute Gasteiger partial charge is 0.0591 e. The number of rotatable bonds is 7. The molecule has 0 aliphatic rings. The van der Waals surface area contributed by atoms with Crippen LogP contribution < -0.4 is 5.32 Å². The fraction of sp³-hybridized carbons (Fsp3) is 0.818. The molecule has 0 rings (SSSR count). The van der Waals surface area contributed by atoms with Gasteiger partial charge in [-0.3, -0.25) is 0 Å². The van der Waals surface area contributed by atoms with Crippen LogP contribution in [-0.2, 0) is 4.74 Å². The first-order valence-electron chi connectivity index (χ1n) is 4.91. The van der Waals surface area contributed by atoms with Crippen molar-refractivity contribution in [3.63, 3.8) is 0 Å². The van der Waals surface area contributed by atoms with Gasteiger partial charge in [0.1, 0.15) is 0 Å². The standard InChI is InChI=1S/C11H21NO/c1-5-6-11(4)12-7-8-13-9-10(2)3/h1,10-12H,6-9H2,2-4H3. The average molecular weight is 183 g/mol. The van der Waals surface area contributed by atoms with Crippen molar-refractivity contribution in [1.82, 2.24) is 5.32 Å². The SMILES string of the molecule is C#CCC(C)NCCOCC(C)C. The zero-order chi connectivity index (χ0) is 10.1. The third kappa shape index (κ3) is 9.39. The van der Waals surface area contributed by atoms with Gasteiger partial charge in [0.25, 0.3) is 0 Å². The number of hydrogen-bond acceptors (Lipinski definition) is 2. The second-order valence-corrected chi connectivity index (χ2v) is 3.73. The Labute approximate surface area is 82.1 Å². The number of terminal acetylenes is 1. The van der Waals surface area contributed by atoms with E-state index in [1.807, 2.05) is 0 Å². The van der Waals surface area contributed by atoms with Crippen LogP contribution in [0.4, 0.5) is 0 Å². The molecule has 2 heteroatoms. The minimum atomic E-state index is 0.396. The quantitative estimate of drug-likeness (QED) is 0.479. The molecule has 0 saturated heterocycles. The van der Waals surface area contributed by atoms with Gasteiger partial charge in [-0.25, -0.2) is 0 Å². The summed E-state index contributed by atoms with van der Waals surface area (Å²) in [5.74, 6) is 3.24. The molecule has 0 aliphatic carbocycles. The Morgan fingerprint density at radius 2 is 2.08 bits per heavy atom. The number of ether oxygens (including phenoxy) is 1. The highest BCUT2D eigenvalue weighted by atomic mass is 16.5. The van der Waals surface area contributed by atoms with Crippen LogP contribution in [0.3, 0.4) is 0 Å². The zero-order valence-corrected chi connectivity index (χ0v) is 8.97. The van der Waals surface area contributed by atoms with Crippen molar-refractivity contribution in [2.75, 3.05) is 19.8 Å². The van der Waals surface area contributed by atoms with Crippen LogP contribution >= 0.6 is 0 Å². The first-order chi connectivity index (χ1) is 6.16. The lowest BCUT2D eigenvalue weighted by Gasteiger charge is -2.11. The third-order valence-corrected chi connectivity index (χ3v) is 1.61. The van der Waals surface area contributed by atoms with E-state index in [4.69, 9.17) is 11.2 Å².